The summed E-state index contributed by atoms with van der Waals surface area (Å²) in [6.45, 7) is 9.46. The molecule has 1 aromatic carbocycles. The molecule has 35 heavy (non-hydrogen) atoms. The summed E-state index contributed by atoms with van der Waals surface area (Å²) in [6.07, 6.45) is 1.66. The van der Waals surface area contributed by atoms with Crippen molar-refractivity contribution in [1.29, 1.82) is 0 Å². The van der Waals surface area contributed by atoms with E-state index in [1.165, 1.54) is 16.7 Å². The third-order valence-electron chi connectivity index (χ3n) is 5.32. The summed E-state index contributed by atoms with van der Waals surface area (Å²) in [5.74, 6) is 0.181. The van der Waals surface area contributed by atoms with Gasteiger partial charge in [-0.3, -0.25) is 4.79 Å². The Kier molecular flexibility index (Phi) is 8.50. The van der Waals surface area contributed by atoms with E-state index < -0.39 is 17.5 Å². The van der Waals surface area contributed by atoms with E-state index in [0.717, 1.165) is 0 Å². The Morgan fingerprint density at radius 3 is 2.63 bits per heavy atom. The van der Waals surface area contributed by atoms with Gasteiger partial charge in [-0.25, -0.2) is 14.2 Å². The zero-order chi connectivity index (χ0) is 25.9. The van der Waals surface area contributed by atoms with E-state index >= 15 is 4.39 Å². The number of pyridine rings is 2. The molecule has 3 rings (SSSR count). The molecule has 11 heteroatoms. The molecule has 2 aromatic heterocycles. The van der Waals surface area contributed by atoms with Crippen LogP contribution < -0.4 is 20.8 Å². The smallest absolute Gasteiger partial charge is 0.407 e. The molecule has 0 saturated heterocycles. The predicted octanol–water partition coefficient (Wildman–Crippen LogP) is 4.66. The molecule has 0 spiro atoms. The molecule has 8 nitrogen and oxygen atoms in total. The minimum atomic E-state index is -0.632. The lowest BCUT2D eigenvalue weighted by atomic mass is 10.0. The fraction of sp³-hybridized carbons (Fsp3) is 0.458. The van der Waals surface area contributed by atoms with Gasteiger partial charge < -0.3 is 24.6 Å². The molecule has 0 bridgehead atoms. The number of hydrogen-bond acceptors (Lipinski definition) is 6. The number of nitrogens with one attached hydrogen (secondary N) is 2. The van der Waals surface area contributed by atoms with Crippen LogP contribution >= 0.6 is 22.4 Å². The number of alkyl carbamates (subject to hydrolysis) is 1. The highest BCUT2D eigenvalue weighted by molar-refractivity contribution is 14.1. The number of hydrogen-bond donors (Lipinski definition) is 2. The molecule has 188 valence electrons. The standard InChI is InChI=1S/C24H31BFIN4O4/c1-13(2)9-14(29-23(33)35-24(3,4)5)12-34-19-11-18-16(10-17(19)26)15-7-8-28-21(30-25-27)20(15)22(32)31(18)6/h7-8,10-11,13-14,25H,9,12H2,1-6H3,(H,28,30)(H,29,33)/t14-/m0/s1. The summed E-state index contributed by atoms with van der Waals surface area (Å²) < 4.78 is 27.8. The second-order valence-electron chi connectivity index (χ2n) is 9.84. The number of nitrogens with zero attached hydrogens (tertiary/aromatic N) is 2. The molecule has 0 aliphatic heterocycles. The number of aryl methyl sites for hydroxylation is 1. The highest BCUT2D eigenvalue weighted by Gasteiger charge is 2.22. The Morgan fingerprint density at radius 2 is 2.00 bits per heavy atom. The van der Waals surface area contributed by atoms with Gasteiger partial charge in [0.05, 0.1) is 16.9 Å². The van der Waals surface area contributed by atoms with Gasteiger partial charge in [0.1, 0.15) is 18.0 Å². The molecule has 0 aliphatic carbocycles. The fourth-order valence-corrected chi connectivity index (χ4v) is 4.29. The van der Waals surface area contributed by atoms with Gasteiger partial charge in [0, 0.05) is 30.1 Å². The maximum Gasteiger partial charge on any atom is 0.407 e. The summed E-state index contributed by atoms with van der Waals surface area (Å²) in [4.78, 5) is 29.7. The van der Waals surface area contributed by atoms with E-state index in [9.17, 15) is 9.59 Å². The number of carbonyl (C=O) groups is 1. The molecule has 0 unspecified atom stereocenters. The van der Waals surface area contributed by atoms with E-state index in [0.29, 0.717) is 39.2 Å². The SMILES string of the molecule is CC(C)C[C@@H](COc1cc2c(cc1F)c1ccnc(NBI)c1c(=O)n2C)NC(=O)OC(C)(C)C. The first kappa shape index (κ1) is 27.0. The quantitative estimate of drug-likeness (QED) is 0.224. The normalized spacial score (nSPS) is 12.6. The van der Waals surface area contributed by atoms with Gasteiger partial charge in [0.25, 0.3) is 5.56 Å². The first-order valence-electron chi connectivity index (χ1n) is 11.4. The lowest BCUT2D eigenvalue weighted by Crippen LogP contribution is -2.42. The summed E-state index contributed by atoms with van der Waals surface area (Å²) in [7, 11) is 1.64. The van der Waals surface area contributed by atoms with E-state index in [1.807, 2.05) is 13.8 Å². The van der Waals surface area contributed by atoms with Crippen molar-refractivity contribution in [2.45, 2.75) is 52.7 Å². The maximum absolute atomic E-state index is 15.2. The minimum Gasteiger partial charge on any atom is -0.488 e. The zero-order valence-electron chi connectivity index (χ0n) is 20.9. The first-order chi connectivity index (χ1) is 16.4. The second kappa shape index (κ2) is 11.0. The maximum atomic E-state index is 15.2. The Labute approximate surface area is 218 Å². The van der Waals surface area contributed by atoms with Crippen molar-refractivity contribution in [3.8, 4) is 5.75 Å². The zero-order valence-corrected chi connectivity index (χ0v) is 23.0. The molecule has 0 radical (unpaired) electrons. The largest absolute Gasteiger partial charge is 0.488 e. The van der Waals surface area contributed by atoms with Crippen molar-refractivity contribution in [2.75, 3.05) is 11.8 Å². The lowest BCUT2D eigenvalue weighted by molar-refractivity contribution is 0.0479. The van der Waals surface area contributed by atoms with Crippen LogP contribution in [-0.4, -0.2) is 39.2 Å². The van der Waals surface area contributed by atoms with Crippen LogP contribution in [0.1, 0.15) is 41.0 Å². The number of rotatable bonds is 8. The van der Waals surface area contributed by atoms with Crippen LogP contribution in [0.15, 0.2) is 29.2 Å². The first-order valence-corrected chi connectivity index (χ1v) is 13.0. The second-order valence-corrected chi connectivity index (χ2v) is 10.6. The Bertz CT molecular complexity index is 1290. The van der Waals surface area contributed by atoms with Crippen LogP contribution in [0.4, 0.5) is 15.0 Å². The molecular formula is C24H31BFIN4O4. The van der Waals surface area contributed by atoms with Crippen LogP contribution in [0.25, 0.3) is 21.7 Å². The summed E-state index contributed by atoms with van der Waals surface area (Å²) in [5.41, 5.74) is -0.340. The van der Waals surface area contributed by atoms with Gasteiger partial charge in [-0.1, -0.05) is 13.8 Å². The van der Waals surface area contributed by atoms with Crippen LogP contribution in [-0.2, 0) is 11.8 Å². The summed E-state index contributed by atoms with van der Waals surface area (Å²) >= 11 is 2.14. The molecular weight excluding hydrogens is 565 g/mol. The number of anilines is 1. The monoisotopic (exact) mass is 596 g/mol. The van der Waals surface area contributed by atoms with Gasteiger partial charge in [-0.2, -0.15) is 0 Å². The van der Waals surface area contributed by atoms with Crippen molar-refractivity contribution < 1.29 is 18.7 Å². The average molecular weight is 596 g/mol. The van der Waals surface area contributed by atoms with Crippen molar-refractivity contribution in [1.82, 2.24) is 14.9 Å². The number of halogens is 2. The third-order valence-corrected chi connectivity index (χ3v) is 5.70. The van der Waals surface area contributed by atoms with E-state index in [1.54, 1.807) is 40.1 Å². The number of carbonyl (C=O) groups excluding carboxylic acids is 1. The molecule has 3 aromatic rings. The van der Waals surface area contributed by atoms with Gasteiger partial charge in [-0.15, -0.1) is 22.4 Å². The molecule has 2 heterocycles. The average Bonchev–Trinajstić information content (AvgIpc) is 2.74. The van der Waals surface area contributed by atoms with Crippen molar-refractivity contribution >= 4 is 61.2 Å². The minimum absolute atomic E-state index is 0.00580. The van der Waals surface area contributed by atoms with Crippen LogP contribution in [0, 0.1) is 11.7 Å². The Hall–Kier alpha value is -2.57. The number of benzene rings is 1. The molecule has 0 aliphatic rings. The third kappa shape index (κ3) is 6.56. The van der Waals surface area contributed by atoms with Gasteiger partial charge in [-0.05, 0) is 45.2 Å². The highest BCUT2D eigenvalue weighted by atomic mass is 127. The number of aromatic nitrogens is 2. The molecule has 2 N–H and O–H groups in total. The Morgan fingerprint density at radius 1 is 1.29 bits per heavy atom. The van der Waals surface area contributed by atoms with Crippen LogP contribution in [0.3, 0.4) is 0 Å². The van der Waals surface area contributed by atoms with Crippen LogP contribution in [0.2, 0.25) is 0 Å². The van der Waals surface area contributed by atoms with E-state index in [-0.39, 0.29) is 29.9 Å². The topological polar surface area (TPSA) is 94.5 Å². The van der Waals surface area contributed by atoms with Crippen molar-refractivity contribution in [3.63, 3.8) is 0 Å². The fourth-order valence-electron chi connectivity index (χ4n) is 3.93. The number of fused-ring (bicyclic) bond motifs is 3. The Balaban J connectivity index is 1.95. The summed E-state index contributed by atoms with van der Waals surface area (Å²) in [6, 6.07) is 4.23. The molecule has 0 fully saturated rings. The summed E-state index contributed by atoms with van der Waals surface area (Å²) in [5, 5.41) is 8.07. The highest BCUT2D eigenvalue weighted by Crippen LogP contribution is 2.31. The molecule has 0 saturated carbocycles. The van der Waals surface area contributed by atoms with Gasteiger partial charge in [0.2, 0.25) is 0 Å². The van der Waals surface area contributed by atoms with E-state index in [2.05, 4.69) is 37.9 Å². The lowest BCUT2D eigenvalue weighted by Gasteiger charge is -2.25. The van der Waals surface area contributed by atoms with E-state index in [4.69, 9.17) is 9.47 Å². The molecule has 1 amide bonds. The van der Waals surface area contributed by atoms with Crippen molar-refractivity contribution in [2.24, 2.45) is 13.0 Å². The van der Waals surface area contributed by atoms with Crippen LogP contribution in [0.5, 0.6) is 5.75 Å². The van der Waals surface area contributed by atoms with Crippen molar-refractivity contribution in [3.05, 3.63) is 40.6 Å². The number of ether oxygens (including phenoxy) is 2. The number of amides is 1. The predicted molar refractivity (Wildman–Crippen MR) is 147 cm³/mol. The van der Waals surface area contributed by atoms with Gasteiger partial charge in [0.15, 0.2) is 11.6 Å². The molecule has 1 atom stereocenters. The van der Waals surface area contributed by atoms with Gasteiger partial charge >= 0.3 is 11.4 Å².